The summed E-state index contributed by atoms with van der Waals surface area (Å²) < 4.78 is 0. The van der Waals surface area contributed by atoms with Crippen molar-refractivity contribution in [1.82, 2.24) is 0 Å². The van der Waals surface area contributed by atoms with Gasteiger partial charge in [-0.2, -0.15) is 0 Å². The second-order valence-corrected chi connectivity index (χ2v) is 3.29. The van der Waals surface area contributed by atoms with E-state index < -0.39 is 11.6 Å². The van der Waals surface area contributed by atoms with Crippen molar-refractivity contribution in [3.8, 4) is 5.75 Å². The Morgan fingerprint density at radius 2 is 1.93 bits per heavy atom. The number of phenolic OH excluding ortho intramolecular Hbond substituents is 1. The normalized spacial score (nSPS) is 15.1. The number of allylic oxidation sites excluding steroid dienone is 2. The van der Waals surface area contributed by atoms with Crippen molar-refractivity contribution in [3.05, 3.63) is 40.4 Å². The average Bonchev–Trinajstić information content (AvgIpc) is 2.14. The number of phenols is 1. The predicted octanol–water partition coefficient (Wildman–Crippen LogP) is 1.89. The molecule has 0 fully saturated rings. The number of rotatable bonds is 0. The highest BCUT2D eigenvalue weighted by molar-refractivity contribution is 6.49. The number of carbonyl (C=O) groups excluding carboxylic acids is 2. The average molecular weight is 209 g/mol. The third-order valence-corrected chi connectivity index (χ3v) is 2.29. The van der Waals surface area contributed by atoms with Gasteiger partial charge in [0.25, 0.3) is 0 Å². The van der Waals surface area contributed by atoms with Crippen LogP contribution in [0.2, 0.25) is 0 Å². The first-order valence-corrected chi connectivity index (χ1v) is 4.27. The molecule has 0 bridgehead atoms. The SMILES string of the molecule is O=C1C(Cl)=CC(=O)c2c(O)cccc21. The van der Waals surface area contributed by atoms with Crippen LogP contribution in [0.25, 0.3) is 0 Å². The number of benzene rings is 1. The summed E-state index contributed by atoms with van der Waals surface area (Å²) in [6, 6.07) is 4.32. The Hall–Kier alpha value is -1.61. The zero-order valence-corrected chi connectivity index (χ0v) is 7.71. The number of hydrogen-bond donors (Lipinski definition) is 1. The lowest BCUT2D eigenvalue weighted by atomic mass is 9.94. The zero-order chi connectivity index (χ0) is 10.3. The minimum Gasteiger partial charge on any atom is -0.507 e. The number of carbonyl (C=O) groups is 2. The predicted molar refractivity (Wildman–Crippen MR) is 50.7 cm³/mol. The second kappa shape index (κ2) is 2.96. The van der Waals surface area contributed by atoms with Crippen LogP contribution in [0.15, 0.2) is 29.3 Å². The first-order chi connectivity index (χ1) is 6.61. The van der Waals surface area contributed by atoms with E-state index in [0.717, 1.165) is 6.08 Å². The molecular formula is C10H5ClO3. The van der Waals surface area contributed by atoms with Gasteiger partial charge in [0, 0.05) is 11.6 Å². The number of aromatic hydroxyl groups is 1. The molecule has 14 heavy (non-hydrogen) atoms. The van der Waals surface area contributed by atoms with Gasteiger partial charge in [-0.05, 0) is 12.1 Å². The summed E-state index contributed by atoms with van der Waals surface area (Å²) in [5.41, 5.74) is 0.185. The third kappa shape index (κ3) is 1.14. The first kappa shape index (κ1) is 8.97. The molecular weight excluding hydrogens is 204 g/mol. The highest BCUT2D eigenvalue weighted by Gasteiger charge is 2.26. The Bertz CT molecular complexity index is 474. The molecule has 0 amide bonds. The van der Waals surface area contributed by atoms with E-state index in [2.05, 4.69) is 0 Å². The van der Waals surface area contributed by atoms with Crippen LogP contribution < -0.4 is 0 Å². The van der Waals surface area contributed by atoms with Crippen LogP contribution >= 0.6 is 11.6 Å². The molecule has 1 aromatic carbocycles. The molecule has 0 saturated carbocycles. The van der Waals surface area contributed by atoms with Gasteiger partial charge in [0.15, 0.2) is 5.78 Å². The summed E-state index contributed by atoms with van der Waals surface area (Å²) in [6.07, 6.45) is 1.02. The lowest BCUT2D eigenvalue weighted by Crippen LogP contribution is -2.14. The maximum atomic E-state index is 11.5. The van der Waals surface area contributed by atoms with Crippen LogP contribution in [0.1, 0.15) is 20.7 Å². The molecule has 1 aliphatic rings. The summed E-state index contributed by atoms with van der Waals surface area (Å²) in [6.45, 7) is 0. The molecule has 0 saturated heterocycles. The van der Waals surface area contributed by atoms with E-state index in [1.165, 1.54) is 18.2 Å². The molecule has 4 heteroatoms. The van der Waals surface area contributed by atoms with Crippen molar-refractivity contribution in [2.24, 2.45) is 0 Å². The Morgan fingerprint density at radius 3 is 2.64 bits per heavy atom. The van der Waals surface area contributed by atoms with E-state index in [1.807, 2.05) is 0 Å². The van der Waals surface area contributed by atoms with Gasteiger partial charge in [0.2, 0.25) is 5.78 Å². The Morgan fingerprint density at radius 1 is 1.21 bits per heavy atom. The standard InChI is InChI=1S/C10H5ClO3/c11-6-4-8(13)9-5(10(6)14)2-1-3-7(9)12/h1-4,12H. The highest BCUT2D eigenvalue weighted by Crippen LogP contribution is 2.29. The van der Waals surface area contributed by atoms with Crippen LogP contribution in [0.3, 0.4) is 0 Å². The molecule has 0 aromatic heterocycles. The molecule has 1 aliphatic carbocycles. The number of halogens is 1. The Labute approximate surface area is 84.6 Å². The molecule has 70 valence electrons. The molecule has 0 heterocycles. The van der Waals surface area contributed by atoms with Crippen molar-refractivity contribution in [2.45, 2.75) is 0 Å². The summed E-state index contributed by atoms with van der Waals surface area (Å²) in [5, 5.41) is 9.27. The van der Waals surface area contributed by atoms with Crippen LogP contribution in [0.5, 0.6) is 5.75 Å². The van der Waals surface area contributed by atoms with E-state index in [9.17, 15) is 14.7 Å². The summed E-state index contributed by atoms with van der Waals surface area (Å²) in [5.74, 6) is -1.07. The van der Waals surface area contributed by atoms with E-state index in [1.54, 1.807) is 0 Å². The molecule has 0 atom stereocenters. The number of fused-ring (bicyclic) bond motifs is 1. The van der Waals surface area contributed by atoms with Gasteiger partial charge >= 0.3 is 0 Å². The fraction of sp³-hybridized carbons (Fsp3) is 0. The smallest absolute Gasteiger partial charge is 0.205 e. The van der Waals surface area contributed by atoms with Crippen molar-refractivity contribution >= 4 is 23.2 Å². The minimum absolute atomic E-state index is 0.0295. The number of Topliss-reactive ketones (excluding diaryl/α,β-unsaturated/α-hetero) is 1. The highest BCUT2D eigenvalue weighted by atomic mass is 35.5. The van der Waals surface area contributed by atoms with Crippen molar-refractivity contribution in [3.63, 3.8) is 0 Å². The molecule has 0 radical (unpaired) electrons. The van der Waals surface area contributed by atoms with E-state index >= 15 is 0 Å². The van der Waals surface area contributed by atoms with E-state index in [4.69, 9.17) is 11.6 Å². The topological polar surface area (TPSA) is 54.4 Å². The van der Waals surface area contributed by atoms with Gasteiger partial charge in [-0.3, -0.25) is 9.59 Å². The van der Waals surface area contributed by atoms with Gasteiger partial charge in [-0.15, -0.1) is 0 Å². The molecule has 0 spiro atoms. The maximum Gasteiger partial charge on any atom is 0.205 e. The van der Waals surface area contributed by atoms with Gasteiger partial charge in [0.1, 0.15) is 5.75 Å². The fourth-order valence-corrected chi connectivity index (χ4v) is 1.57. The van der Waals surface area contributed by atoms with Gasteiger partial charge < -0.3 is 5.11 Å². The zero-order valence-electron chi connectivity index (χ0n) is 6.95. The molecule has 2 rings (SSSR count). The van der Waals surface area contributed by atoms with Crippen molar-refractivity contribution < 1.29 is 14.7 Å². The minimum atomic E-state index is -0.442. The van der Waals surface area contributed by atoms with Crippen molar-refractivity contribution in [2.75, 3.05) is 0 Å². The molecule has 0 unspecified atom stereocenters. The monoisotopic (exact) mass is 208 g/mol. The summed E-state index contributed by atoms with van der Waals surface area (Å²) >= 11 is 5.55. The maximum absolute atomic E-state index is 11.5. The summed E-state index contributed by atoms with van der Waals surface area (Å²) in [4.78, 5) is 22.8. The van der Waals surface area contributed by atoms with Crippen LogP contribution in [0.4, 0.5) is 0 Å². The van der Waals surface area contributed by atoms with Crippen molar-refractivity contribution in [1.29, 1.82) is 0 Å². The molecule has 1 aromatic rings. The molecule has 3 nitrogen and oxygen atoms in total. The largest absolute Gasteiger partial charge is 0.507 e. The van der Waals surface area contributed by atoms with Crippen LogP contribution in [0, 0.1) is 0 Å². The van der Waals surface area contributed by atoms with Gasteiger partial charge in [0.05, 0.1) is 10.6 Å². The Kier molecular flexibility index (Phi) is 1.89. The molecule has 1 N–H and O–H groups in total. The Balaban J connectivity index is 2.75. The summed E-state index contributed by atoms with van der Waals surface area (Å²) in [7, 11) is 0. The number of ketones is 2. The molecule has 0 aliphatic heterocycles. The fourth-order valence-electron chi connectivity index (χ4n) is 1.37. The first-order valence-electron chi connectivity index (χ1n) is 3.89. The van der Waals surface area contributed by atoms with E-state index in [0.29, 0.717) is 0 Å². The number of hydrogen-bond acceptors (Lipinski definition) is 3. The lowest BCUT2D eigenvalue weighted by Gasteiger charge is -2.11. The van der Waals surface area contributed by atoms with Gasteiger partial charge in [-0.1, -0.05) is 17.7 Å². The van der Waals surface area contributed by atoms with Gasteiger partial charge in [-0.25, -0.2) is 0 Å². The quantitative estimate of drug-likeness (QED) is 0.709. The third-order valence-electron chi connectivity index (χ3n) is 2.01. The van der Waals surface area contributed by atoms with E-state index in [-0.39, 0.29) is 21.9 Å². The lowest BCUT2D eigenvalue weighted by molar-refractivity contribution is 0.0988. The van der Waals surface area contributed by atoms with Crippen LogP contribution in [-0.4, -0.2) is 16.7 Å². The van der Waals surface area contributed by atoms with Crippen LogP contribution in [-0.2, 0) is 0 Å². The second-order valence-electron chi connectivity index (χ2n) is 2.89.